The summed E-state index contributed by atoms with van der Waals surface area (Å²) in [5.41, 5.74) is 5.57. The van der Waals surface area contributed by atoms with E-state index in [2.05, 4.69) is 20.8 Å². The first-order valence-electron chi connectivity index (χ1n) is 3.11. The van der Waals surface area contributed by atoms with Crippen LogP contribution in [0.3, 0.4) is 0 Å². The molecule has 0 saturated heterocycles. The van der Waals surface area contributed by atoms with E-state index in [-0.39, 0.29) is 11.5 Å². The van der Waals surface area contributed by atoms with Crippen molar-refractivity contribution in [1.82, 2.24) is 0 Å². The van der Waals surface area contributed by atoms with Crippen LogP contribution in [-0.4, -0.2) is 6.04 Å². The van der Waals surface area contributed by atoms with Gasteiger partial charge in [0.2, 0.25) is 0 Å². The summed E-state index contributed by atoms with van der Waals surface area (Å²) in [7, 11) is 0. The van der Waals surface area contributed by atoms with E-state index < -0.39 is 0 Å². The SMILES string of the molecule is CC(C)(C)C[C@H](N)C#N. The first-order valence-corrected chi connectivity index (χ1v) is 3.11. The summed E-state index contributed by atoms with van der Waals surface area (Å²) in [6, 6.07) is 1.70. The van der Waals surface area contributed by atoms with Crippen LogP contribution in [-0.2, 0) is 0 Å². The topological polar surface area (TPSA) is 49.8 Å². The maximum absolute atomic E-state index is 8.32. The van der Waals surface area contributed by atoms with Gasteiger partial charge in [0.05, 0.1) is 12.1 Å². The van der Waals surface area contributed by atoms with Gasteiger partial charge in [-0.25, -0.2) is 0 Å². The van der Waals surface area contributed by atoms with Gasteiger partial charge in [0.15, 0.2) is 0 Å². The van der Waals surface area contributed by atoms with Gasteiger partial charge in [-0.05, 0) is 11.8 Å². The van der Waals surface area contributed by atoms with E-state index in [0.717, 1.165) is 6.42 Å². The van der Waals surface area contributed by atoms with E-state index in [0.29, 0.717) is 0 Å². The summed E-state index contributed by atoms with van der Waals surface area (Å²) in [4.78, 5) is 0. The molecule has 2 nitrogen and oxygen atoms in total. The number of nitriles is 1. The van der Waals surface area contributed by atoms with Crippen molar-refractivity contribution in [3.63, 3.8) is 0 Å². The molecule has 0 unspecified atom stereocenters. The van der Waals surface area contributed by atoms with Crippen molar-refractivity contribution in [2.45, 2.75) is 33.2 Å². The number of nitrogens with two attached hydrogens (primary N) is 1. The molecule has 0 aromatic heterocycles. The lowest BCUT2D eigenvalue weighted by atomic mass is 9.89. The van der Waals surface area contributed by atoms with Gasteiger partial charge in [0.1, 0.15) is 0 Å². The van der Waals surface area contributed by atoms with E-state index in [1.54, 1.807) is 0 Å². The Bertz CT molecular complexity index is 116. The fourth-order valence-electron chi connectivity index (χ4n) is 0.705. The maximum atomic E-state index is 8.32. The molecular formula is C7H14N2. The van der Waals surface area contributed by atoms with Crippen molar-refractivity contribution in [3.05, 3.63) is 0 Å². The molecule has 0 fully saturated rings. The monoisotopic (exact) mass is 126 g/mol. The van der Waals surface area contributed by atoms with Crippen LogP contribution in [0, 0.1) is 16.7 Å². The van der Waals surface area contributed by atoms with Gasteiger partial charge in [-0.15, -0.1) is 0 Å². The summed E-state index contributed by atoms with van der Waals surface area (Å²) in [6.45, 7) is 6.22. The van der Waals surface area contributed by atoms with Crippen molar-refractivity contribution >= 4 is 0 Å². The van der Waals surface area contributed by atoms with E-state index in [1.165, 1.54) is 0 Å². The molecule has 0 amide bonds. The first kappa shape index (κ1) is 8.45. The minimum atomic E-state index is -0.301. The maximum Gasteiger partial charge on any atom is 0.0933 e. The standard InChI is InChI=1S/C7H14N2/c1-7(2,3)4-6(9)5-8/h6H,4,9H2,1-3H3/t6-/m0/s1. The molecule has 0 aliphatic rings. The van der Waals surface area contributed by atoms with Crippen molar-refractivity contribution in [1.29, 1.82) is 5.26 Å². The molecule has 1 atom stereocenters. The Kier molecular flexibility index (Phi) is 2.66. The van der Waals surface area contributed by atoms with E-state index in [9.17, 15) is 0 Å². The van der Waals surface area contributed by atoms with Crippen LogP contribution < -0.4 is 5.73 Å². The van der Waals surface area contributed by atoms with Crippen molar-refractivity contribution in [3.8, 4) is 6.07 Å². The zero-order valence-electron chi connectivity index (χ0n) is 6.31. The van der Waals surface area contributed by atoms with E-state index in [1.807, 2.05) is 6.07 Å². The third-order valence-electron chi connectivity index (χ3n) is 0.998. The Balaban J connectivity index is 3.63. The van der Waals surface area contributed by atoms with Crippen molar-refractivity contribution in [2.24, 2.45) is 11.1 Å². The number of rotatable bonds is 1. The predicted octanol–water partition coefficient (Wildman–Crippen LogP) is 1.27. The van der Waals surface area contributed by atoms with Gasteiger partial charge in [-0.2, -0.15) is 5.26 Å². The summed E-state index contributed by atoms with van der Waals surface area (Å²) < 4.78 is 0. The fraction of sp³-hybridized carbons (Fsp3) is 0.857. The van der Waals surface area contributed by atoms with Crippen molar-refractivity contribution < 1.29 is 0 Å². The van der Waals surface area contributed by atoms with Crippen LogP contribution in [0.15, 0.2) is 0 Å². The smallest absolute Gasteiger partial charge is 0.0933 e. The molecule has 0 heterocycles. The van der Waals surface area contributed by atoms with Crippen LogP contribution in [0.2, 0.25) is 0 Å². The Morgan fingerprint density at radius 3 is 2.11 bits per heavy atom. The Morgan fingerprint density at radius 1 is 1.56 bits per heavy atom. The highest BCUT2D eigenvalue weighted by atomic mass is 14.6. The number of nitrogens with zero attached hydrogens (tertiary/aromatic N) is 1. The Hall–Kier alpha value is -0.550. The lowest BCUT2D eigenvalue weighted by molar-refractivity contribution is 0.363. The average molecular weight is 126 g/mol. The summed E-state index contributed by atoms with van der Waals surface area (Å²) in [5.74, 6) is 0. The zero-order chi connectivity index (χ0) is 7.49. The van der Waals surface area contributed by atoms with Crippen molar-refractivity contribution in [2.75, 3.05) is 0 Å². The normalized spacial score (nSPS) is 14.6. The minimum Gasteiger partial charge on any atom is -0.316 e. The average Bonchev–Trinajstić information content (AvgIpc) is 1.62. The Labute approximate surface area is 56.7 Å². The largest absolute Gasteiger partial charge is 0.316 e. The van der Waals surface area contributed by atoms with Crippen LogP contribution in [0.4, 0.5) is 0 Å². The molecule has 0 bridgehead atoms. The lowest BCUT2D eigenvalue weighted by Crippen LogP contribution is -2.24. The molecule has 2 heteroatoms. The van der Waals surface area contributed by atoms with Gasteiger partial charge in [-0.3, -0.25) is 0 Å². The number of hydrogen-bond acceptors (Lipinski definition) is 2. The van der Waals surface area contributed by atoms with Gasteiger partial charge in [-0.1, -0.05) is 20.8 Å². The molecule has 0 aliphatic carbocycles. The molecule has 2 N–H and O–H groups in total. The first-order chi connectivity index (χ1) is 3.95. The Morgan fingerprint density at radius 2 is 2.00 bits per heavy atom. The van der Waals surface area contributed by atoms with Gasteiger partial charge >= 0.3 is 0 Å². The molecule has 0 spiro atoms. The van der Waals surface area contributed by atoms with Crippen LogP contribution in [0.25, 0.3) is 0 Å². The van der Waals surface area contributed by atoms with Crippen LogP contribution in [0.1, 0.15) is 27.2 Å². The molecule has 0 aliphatic heterocycles. The highest BCUT2D eigenvalue weighted by molar-refractivity contribution is 4.89. The second-order valence-electron chi connectivity index (χ2n) is 3.50. The molecule has 0 aromatic carbocycles. The quantitative estimate of drug-likeness (QED) is 0.575. The van der Waals surface area contributed by atoms with Gasteiger partial charge in [0.25, 0.3) is 0 Å². The minimum absolute atomic E-state index is 0.176. The van der Waals surface area contributed by atoms with Gasteiger partial charge < -0.3 is 5.73 Å². The predicted molar refractivity (Wildman–Crippen MR) is 37.7 cm³/mol. The van der Waals surface area contributed by atoms with Crippen LogP contribution in [0.5, 0.6) is 0 Å². The molecule has 0 radical (unpaired) electrons. The molecule has 0 aromatic rings. The van der Waals surface area contributed by atoms with Gasteiger partial charge in [0, 0.05) is 0 Å². The summed E-state index contributed by atoms with van der Waals surface area (Å²) in [5, 5.41) is 8.32. The molecule has 0 saturated carbocycles. The summed E-state index contributed by atoms with van der Waals surface area (Å²) >= 11 is 0. The third kappa shape index (κ3) is 5.32. The number of hydrogen-bond donors (Lipinski definition) is 1. The fourth-order valence-corrected chi connectivity index (χ4v) is 0.705. The molecular weight excluding hydrogens is 112 g/mol. The molecule has 0 rings (SSSR count). The summed E-state index contributed by atoms with van der Waals surface area (Å²) in [6.07, 6.45) is 0.767. The highest BCUT2D eigenvalue weighted by Gasteiger charge is 2.14. The lowest BCUT2D eigenvalue weighted by Gasteiger charge is -2.18. The highest BCUT2D eigenvalue weighted by Crippen LogP contribution is 2.19. The molecule has 52 valence electrons. The molecule has 9 heavy (non-hydrogen) atoms. The zero-order valence-corrected chi connectivity index (χ0v) is 6.31. The second-order valence-corrected chi connectivity index (χ2v) is 3.50. The van der Waals surface area contributed by atoms with E-state index in [4.69, 9.17) is 11.0 Å². The third-order valence-corrected chi connectivity index (χ3v) is 0.998. The van der Waals surface area contributed by atoms with E-state index >= 15 is 0 Å². The second kappa shape index (κ2) is 2.84. The van der Waals surface area contributed by atoms with Crippen LogP contribution >= 0.6 is 0 Å².